The summed E-state index contributed by atoms with van der Waals surface area (Å²) in [5, 5.41) is 6.91. The van der Waals surface area contributed by atoms with Gasteiger partial charge in [-0.25, -0.2) is 8.42 Å². The van der Waals surface area contributed by atoms with Crippen LogP contribution in [0, 0.1) is 0 Å². The minimum Gasteiger partial charge on any atom is -0.205 e. The zero-order valence-electron chi connectivity index (χ0n) is 11.2. The average Bonchev–Trinajstić information content (AvgIpc) is 3.07. The maximum atomic E-state index is 12.0. The van der Waals surface area contributed by atoms with E-state index in [1.807, 2.05) is 29.6 Å². The quantitative estimate of drug-likeness (QED) is 0.858. The Morgan fingerprint density at radius 2 is 2.00 bits per heavy atom. The molecule has 0 spiro atoms. The Kier molecular flexibility index (Phi) is 3.77. The summed E-state index contributed by atoms with van der Waals surface area (Å²) >= 11 is 7.42. The molecular weight excluding hydrogens is 328 g/mol. The summed E-state index contributed by atoms with van der Waals surface area (Å²) in [6.45, 7) is 0. The second-order valence-electron chi connectivity index (χ2n) is 4.82. The lowest BCUT2D eigenvalue weighted by atomic mass is 10.0. The molecule has 1 aromatic carbocycles. The van der Waals surface area contributed by atoms with Crippen LogP contribution in [0.15, 0.2) is 46.9 Å². The van der Waals surface area contributed by atoms with Gasteiger partial charge in [0, 0.05) is 16.3 Å². The van der Waals surface area contributed by atoms with Crippen LogP contribution in [-0.2, 0) is 10.0 Å². The molecule has 2 heterocycles. The highest BCUT2D eigenvalue weighted by molar-refractivity contribution is 7.88. The predicted molar refractivity (Wildman–Crippen MR) is 86.3 cm³/mol. The molecule has 7 heteroatoms. The summed E-state index contributed by atoms with van der Waals surface area (Å²) in [6, 6.07) is 10.9. The number of sulfonamides is 1. The van der Waals surface area contributed by atoms with Crippen molar-refractivity contribution in [2.24, 2.45) is 5.10 Å². The molecule has 1 atom stereocenters. The van der Waals surface area contributed by atoms with E-state index in [1.165, 1.54) is 22.0 Å². The zero-order chi connectivity index (χ0) is 15.0. The standard InChI is InChI=1S/C14H13ClN2O2S2/c1-21(18,19)17-13(14-3-2-8-20-14)9-12(16-17)10-4-6-11(15)7-5-10/h2-8,13H,9H2,1H3. The molecule has 0 bridgehead atoms. The SMILES string of the molecule is CS(=O)(=O)N1N=C(c2ccc(Cl)cc2)CC1c1cccs1. The van der Waals surface area contributed by atoms with E-state index >= 15 is 0 Å². The van der Waals surface area contributed by atoms with Gasteiger partial charge in [-0.15, -0.1) is 11.3 Å². The van der Waals surface area contributed by atoms with Crippen molar-refractivity contribution in [1.82, 2.24) is 4.41 Å². The molecule has 0 N–H and O–H groups in total. The van der Waals surface area contributed by atoms with Gasteiger partial charge in [0.05, 0.1) is 12.0 Å². The highest BCUT2D eigenvalue weighted by Gasteiger charge is 2.34. The topological polar surface area (TPSA) is 49.7 Å². The van der Waals surface area contributed by atoms with Gasteiger partial charge in [0.25, 0.3) is 0 Å². The molecule has 3 rings (SSSR count). The van der Waals surface area contributed by atoms with Crippen molar-refractivity contribution in [1.29, 1.82) is 0 Å². The smallest absolute Gasteiger partial charge is 0.205 e. The lowest BCUT2D eigenvalue weighted by molar-refractivity contribution is 0.379. The molecule has 0 aliphatic carbocycles. The summed E-state index contributed by atoms with van der Waals surface area (Å²) in [6.07, 6.45) is 1.75. The Bertz CT molecular complexity index is 768. The molecule has 0 amide bonds. The first kappa shape index (κ1) is 14.6. The van der Waals surface area contributed by atoms with Crippen molar-refractivity contribution in [3.63, 3.8) is 0 Å². The van der Waals surface area contributed by atoms with Crippen LogP contribution in [0.4, 0.5) is 0 Å². The van der Waals surface area contributed by atoms with Gasteiger partial charge in [0.15, 0.2) is 0 Å². The highest BCUT2D eigenvalue weighted by atomic mass is 35.5. The van der Waals surface area contributed by atoms with Crippen molar-refractivity contribution in [3.8, 4) is 0 Å². The first-order valence-corrected chi connectivity index (χ1v) is 9.42. The molecule has 0 saturated heterocycles. The molecule has 0 radical (unpaired) electrons. The van der Waals surface area contributed by atoms with E-state index in [9.17, 15) is 8.42 Å². The first-order valence-electron chi connectivity index (χ1n) is 6.31. The number of rotatable bonds is 3. The molecular formula is C14H13ClN2O2S2. The third-order valence-corrected chi connectivity index (χ3v) is 5.50. The van der Waals surface area contributed by atoms with E-state index in [4.69, 9.17) is 11.6 Å². The Morgan fingerprint density at radius 1 is 1.29 bits per heavy atom. The minimum absolute atomic E-state index is 0.259. The second-order valence-corrected chi connectivity index (χ2v) is 8.08. The first-order chi connectivity index (χ1) is 9.95. The van der Waals surface area contributed by atoms with Gasteiger partial charge < -0.3 is 0 Å². The van der Waals surface area contributed by atoms with Crippen molar-refractivity contribution >= 4 is 38.7 Å². The van der Waals surface area contributed by atoms with Crippen molar-refractivity contribution in [2.75, 3.05) is 6.26 Å². The van der Waals surface area contributed by atoms with Crippen LogP contribution in [0.5, 0.6) is 0 Å². The lowest BCUT2D eigenvalue weighted by Crippen LogP contribution is -2.25. The Balaban J connectivity index is 1.99. The largest absolute Gasteiger partial charge is 0.247 e. The van der Waals surface area contributed by atoms with Gasteiger partial charge in [-0.1, -0.05) is 29.8 Å². The maximum Gasteiger partial charge on any atom is 0.247 e. The van der Waals surface area contributed by atoms with E-state index in [0.29, 0.717) is 11.4 Å². The summed E-state index contributed by atoms with van der Waals surface area (Å²) < 4.78 is 25.2. The number of hydrazone groups is 1. The summed E-state index contributed by atoms with van der Waals surface area (Å²) in [5.41, 5.74) is 1.66. The van der Waals surface area contributed by atoms with Gasteiger partial charge in [0.1, 0.15) is 6.04 Å². The molecule has 21 heavy (non-hydrogen) atoms. The molecule has 110 valence electrons. The molecule has 1 unspecified atom stereocenters. The number of hydrogen-bond donors (Lipinski definition) is 0. The van der Waals surface area contributed by atoms with E-state index in [-0.39, 0.29) is 6.04 Å². The Labute approximate surface area is 132 Å². The lowest BCUT2D eigenvalue weighted by Gasteiger charge is -2.19. The fourth-order valence-corrected chi connectivity index (χ4v) is 4.21. The Morgan fingerprint density at radius 3 is 2.57 bits per heavy atom. The molecule has 4 nitrogen and oxygen atoms in total. The van der Waals surface area contributed by atoms with Crippen molar-refractivity contribution in [2.45, 2.75) is 12.5 Å². The third-order valence-electron chi connectivity index (χ3n) is 3.26. The van der Waals surface area contributed by atoms with Crippen LogP contribution in [0.2, 0.25) is 5.02 Å². The summed E-state index contributed by atoms with van der Waals surface area (Å²) in [5.74, 6) is 0. The van der Waals surface area contributed by atoms with Crippen molar-refractivity contribution < 1.29 is 8.42 Å². The molecule has 0 fully saturated rings. The van der Waals surface area contributed by atoms with Gasteiger partial charge >= 0.3 is 0 Å². The molecule has 2 aromatic rings. The average molecular weight is 341 g/mol. The molecule has 0 saturated carbocycles. The van der Waals surface area contributed by atoms with Gasteiger partial charge in [-0.05, 0) is 29.1 Å². The Hall–Kier alpha value is -1.37. The summed E-state index contributed by atoms with van der Waals surface area (Å²) in [4.78, 5) is 0.994. The fraction of sp³-hybridized carbons (Fsp3) is 0.214. The zero-order valence-corrected chi connectivity index (χ0v) is 13.6. The fourth-order valence-electron chi connectivity index (χ4n) is 2.30. The molecule has 1 aliphatic rings. The van der Waals surface area contributed by atoms with Gasteiger partial charge in [-0.3, -0.25) is 0 Å². The van der Waals surface area contributed by atoms with Crippen LogP contribution in [0.25, 0.3) is 0 Å². The maximum absolute atomic E-state index is 12.0. The van der Waals surface area contributed by atoms with E-state index in [1.54, 1.807) is 12.1 Å². The van der Waals surface area contributed by atoms with Crippen LogP contribution in [0.3, 0.4) is 0 Å². The number of nitrogens with zero attached hydrogens (tertiary/aromatic N) is 2. The molecule has 1 aromatic heterocycles. The number of benzene rings is 1. The van der Waals surface area contributed by atoms with Gasteiger partial charge in [-0.2, -0.15) is 9.52 Å². The summed E-state index contributed by atoms with van der Waals surface area (Å²) in [7, 11) is -3.40. The normalized spacial score (nSPS) is 18.9. The van der Waals surface area contributed by atoms with Crippen LogP contribution in [-0.4, -0.2) is 24.8 Å². The van der Waals surface area contributed by atoms with E-state index < -0.39 is 10.0 Å². The monoisotopic (exact) mass is 340 g/mol. The number of halogens is 1. The third kappa shape index (κ3) is 2.97. The molecule has 1 aliphatic heterocycles. The van der Waals surface area contributed by atoms with Crippen LogP contribution >= 0.6 is 22.9 Å². The van der Waals surface area contributed by atoms with E-state index in [0.717, 1.165) is 16.2 Å². The van der Waals surface area contributed by atoms with Gasteiger partial charge in [0.2, 0.25) is 10.0 Å². The number of hydrogen-bond acceptors (Lipinski definition) is 4. The minimum atomic E-state index is -3.40. The highest BCUT2D eigenvalue weighted by Crippen LogP contribution is 2.36. The second kappa shape index (κ2) is 5.44. The van der Waals surface area contributed by atoms with Crippen LogP contribution in [0.1, 0.15) is 22.9 Å². The van der Waals surface area contributed by atoms with Crippen molar-refractivity contribution in [3.05, 3.63) is 57.2 Å². The predicted octanol–water partition coefficient (Wildman–Crippen LogP) is 3.51. The number of thiophene rings is 1. The van der Waals surface area contributed by atoms with Crippen LogP contribution < -0.4 is 0 Å². The van der Waals surface area contributed by atoms with E-state index in [2.05, 4.69) is 5.10 Å².